The van der Waals surface area contributed by atoms with E-state index in [0.29, 0.717) is 10.6 Å². The van der Waals surface area contributed by atoms with Crippen molar-refractivity contribution in [1.82, 2.24) is 10.2 Å². The summed E-state index contributed by atoms with van der Waals surface area (Å²) < 4.78 is 27.4. The molecule has 1 amide bonds. The zero-order valence-corrected chi connectivity index (χ0v) is 15.1. The van der Waals surface area contributed by atoms with E-state index in [-0.39, 0.29) is 36.5 Å². The third-order valence-electron chi connectivity index (χ3n) is 4.68. The lowest BCUT2D eigenvalue weighted by Gasteiger charge is -2.29. The highest BCUT2D eigenvalue weighted by Gasteiger charge is 2.28. The molecule has 0 bridgehead atoms. The molecule has 1 saturated heterocycles. The minimum Gasteiger partial charge on any atom is -0.354 e. The van der Waals surface area contributed by atoms with Gasteiger partial charge in [-0.25, -0.2) is 8.78 Å². The van der Waals surface area contributed by atoms with Gasteiger partial charge in [-0.1, -0.05) is 29.8 Å². The van der Waals surface area contributed by atoms with E-state index in [4.69, 9.17) is 11.6 Å². The summed E-state index contributed by atoms with van der Waals surface area (Å²) in [5, 5.41) is 3.25. The Kier molecular flexibility index (Phi) is 6.22. The summed E-state index contributed by atoms with van der Waals surface area (Å²) in [6, 6.07) is 10.2. The van der Waals surface area contributed by atoms with E-state index in [0.717, 1.165) is 31.5 Å². The van der Waals surface area contributed by atoms with Crippen LogP contribution in [0.15, 0.2) is 42.5 Å². The highest BCUT2D eigenvalue weighted by atomic mass is 35.5. The minimum absolute atomic E-state index is 0.151. The molecule has 1 aliphatic heterocycles. The van der Waals surface area contributed by atoms with E-state index >= 15 is 0 Å². The van der Waals surface area contributed by atoms with Crippen LogP contribution in [0.3, 0.4) is 0 Å². The van der Waals surface area contributed by atoms with E-state index in [2.05, 4.69) is 10.2 Å². The fourth-order valence-electron chi connectivity index (χ4n) is 3.36. The second-order valence-corrected chi connectivity index (χ2v) is 6.91. The molecule has 0 aromatic heterocycles. The molecule has 138 valence electrons. The summed E-state index contributed by atoms with van der Waals surface area (Å²) in [6.45, 7) is 1.98. The molecular formula is C20H21ClF2N2O. The SMILES string of the molecule is O=C(Cc1ccc(F)cc1)NCC(c1c(F)cccc1Cl)N1CCCC1. The molecule has 1 aliphatic rings. The number of hydrogen-bond acceptors (Lipinski definition) is 2. The minimum atomic E-state index is -0.359. The number of amides is 1. The van der Waals surface area contributed by atoms with Crippen molar-refractivity contribution in [3.05, 3.63) is 70.2 Å². The second kappa shape index (κ2) is 8.60. The highest BCUT2D eigenvalue weighted by Crippen LogP contribution is 2.31. The van der Waals surface area contributed by atoms with Gasteiger partial charge in [-0.15, -0.1) is 0 Å². The summed E-state index contributed by atoms with van der Waals surface area (Å²) in [6.07, 6.45) is 2.25. The molecule has 6 heteroatoms. The summed E-state index contributed by atoms with van der Waals surface area (Å²) in [5.41, 5.74) is 1.16. The van der Waals surface area contributed by atoms with E-state index in [1.54, 1.807) is 24.3 Å². The molecule has 1 N–H and O–H groups in total. The Morgan fingerprint density at radius 2 is 1.81 bits per heavy atom. The molecule has 1 unspecified atom stereocenters. The normalized spacial score (nSPS) is 15.8. The molecule has 2 aromatic carbocycles. The fourth-order valence-corrected chi connectivity index (χ4v) is 3.65. The Labute approximate surface area is 157 Å². The maximum Gasteiger partial charge on any atom is 0.224 e. The monoisotopic (exact) mass is 378 g/mol. The number of hydrogen-bond donors (Lipinski definition) is 1. The van der Waals surface area contributed by atoms with Crippen LogP contribution in [0.25, 0.3) is 0 Å². The third-order valence-corrected chi connectivity index (χ3v) is 5.01. The van der Waals surface area contributed by atoms with Crippen molar-refractivity contribution in [2.24, 2.45) is 0 Å². The first-order valence-corrected chi connectivity index (χ1v) is 9.11. The second-order valence-electron chi connectivity index (χ2n) is 6.50. The number of nitrogens with zero attached hydrogens (tertiary/aromatic N) is 1. The summed E-state index contributed by atoms with van der Waals surface area (Å²) in [7, 11) is 0. The van der Waals surface area contributed by atoms with Gasteiger partial charge in [0.05, 0.1) is 12.5 Å². The van der Waals surface area contributed by atoms with Crippen molar-refractivity contribution in [3.63, 3.8) is 0 Å². The molecule has 1 heterocycles. The Hall–Kier alpha value is -1.98. The predicted octanol–water partition coefficient (Wildman–Crippen LogP) is 4.11. The first kappa shape index (κ1) is 18.8. The van der Waals surface area contributed by atoms with Gasteiger partial charge in [0, 0.05) is 17.1 Å². The third kappa shape index (κ3) is 4.59. The van der Waals surface area contributed by atoms with Crippen LogP contribution in [0, 0.1) is 11.6 Å². The average Bonchev–Trinajstić information content (AvgIpc) is 3.14. The van der Waals surface area contributed by atoms with Crippen molar-refractivity contribution in [2.75, 3.05) is 19.6 Å². The molecule has 0 saturated carbocycles. The molecule has 1 fully saturated rings. The zero-order chi connectivity index (χ0) is 18.5. The molecule has 26 heavy (non-hydrogen) atoms. The number of carbonyl (C=O) groups excluding carboxylic acids is 1. The number of nitrogens with one attached hydrogen (secondary N) is 1. The van der Waals surface area contributed by atoms with E-state index in [1.165, 1.54) is 18.2 Å². The van der Waals surface area contributed by atoms with Crippen LogP contribution in [-0.2, 0) is 11.2 Å². The van der Waals surface area contributed by atoms with Crippen LogP contribution < -0.4 is 5.32 Å². The molecule has 0 spiro atoms. The summed E-state index contributed by atoms with van der Waals surface area (Å²) >= 11 is 6.25. The van der Waals surface area contributed by atoms with Crippen molar-refractivity contribution < 1.29 is 13.6 Å². The van der Waals surface area contributed by atoms with Gasteiger partial charge in [0.1, 0.15) is 11.6 Å². The van der Waals surface area contributed by atoms with Gasteiger partial charge < -0.3 is 5.32 Å². The Balaban J connectivity index is 1.70. The van der Waals surface area contributed by atoms with Crippen LogP contribution in [-0.4, -0.2) is 30.4 Å². The molecule has 3 nitrogen and oxygen atoms in total. The van der Waals surface area contributed by atoms with Gasteiger partial charge in [0.25, 0.3) is 0 Å². The predicted molar refractivity (Wildman–Crippen MR) is 98.1 cm³/mol. The van der Waals surface area contributed by atoms with Crippen molar-refractivity contribution in [3.8, 4) is 0 Å². The van der Waals surface area contributed by atoms with E-state index in [9.17, 15) is 13.6 Å². The van der Waals surface area contributed by atoms with Crippen LogP contribution in [0.1, 0.15) is 30.0 Å². The number of halogens is 3. The van der Waals surface area contributed by atoms with Crippen LogP contribution in [0.4, 0.5) is 8.78 Å². The van der Waals surface area contributed by atoms with Crippen LogP contribution in [0.2, 0.25) is 5.02 Å². The van der Waals surface area contributed by atoms with E-state index in [1.807, 2.05) is 0 Å². The van der Waals surface area contributed by atoms with Crippen molar-refractivity contribution in [1.29, 1.82) is 0 Å². The molecular weight excluding hydrogens is 358 g/mol. The Morgan fingerprint density at radius 1 is 1.12 bits per heavy atom. The maximum atomic E-state index is 14.4. The Bertz CT molecular complexity index is 741. The topological polar surface area (TPSA) is 32.3 Å². The molecule has 3 rings (SSSR count). The molecule has 1 atom stereocenters. The van der Waals surface area contributed by atoms with Gasteiger partial charge in [0.15, 0.2) is 0 Å². The van der Waals surface area contributed by atoms with Crippen LogP contribution >= 0.6 is 11.6 Å². The van der Waals surface area contributed by atoms with Gasteiger partial charge in [-0.2, -0.15) is 0 Å². The van der Waals surface area contributed by atoms with E-state index < -0.39 is 0 Å². The fraction of sp³-hybridized carbons (Fsp3) is 0.350. The van der Waals surface area contributed by atoms with Gasteiger partial charge >= 0.3 is 0 Å². The number of likely N-dealkylation sites (tertiary alicyclic amines) is 1. The van der Waals surface area contributed by atoms with Gasteiger partial charge in [0.2, 0.25) is 5.91 Å². The van der Waals surface area contributed by atoms with Crippen LogP contribution in [0.5, 0.6) is 0 Å². The standard InChI is InChI=1S/C20H21ClF2N2O/c21-16-4-3-5-17(23)20(16)18(25-10-1-2-11-25)13-24-19(26)12-14-6-8-15(22)9-7-14/h3-9,18H,1-2,10-13H2,(H,24,26). The summed E-state index contributed by atoms with van der Waals surface area (Å²) in [4.78, 5) is 14.4. The highest BCUT2D eigenvalue weighted by molar-refractivity contribution is 6.31. The largest absolute Gasteiger partial charge is 0.354 e. The summed E-state index contributed by atoms with van der Waals surface area (Å²) in [5.74, 6) is -0.882. The molecule has 0 radical (unpaired) electrons. The lowest BCUT2D eigenvalue weighted by Crippen LogP contribution is -2.38. The first-order chi connectivity index (χ1) is 12.5. The van der Waals surface area contributed by atoms with Crippen molar-refractivity contribution >= 4 is 17.5 Å². The number of rotatable bonds is 6. The lowest BCUT2D eigenvalue weighted by molar-refractivity contribution is -0.120. The smallest absolute Gasteiger partial charge is 0.224 e. The zero-order valence-electron chi connectivity index (χ0n) is 14.4. The van der Waals surface area contributed by atoms with Gasteiger partial charge in [-0.3, -0.25) is 9.69 Å². The quantitative estimate of drug-likeness (QED) is 0.820. The Morgan fingerprint density at radius 3 is 2.46 bits per heavy atom. The first-order valence-electron chi connectivity index (χ1n) is 8.73. The number of carbonyl (C=O) groups is 1. The van der Waals surface area contributed by atoms with Gasteiger partial charge in [-0.05, 0) is 55.8 Å². The molecule has 0 aliphatic carbocycles. The molecule has 2 aromatic rings. The maximum absolute atomic E-state index is 14.4. The number of benzene rings is 2. The van der Waals surface area contributed by atoms with Crippen molar-refractivity contribution in [2.45, 2.75) is 25.3 Å². The average molecular weight is 379 g/mol. The lowest BCUT2D eigenvalue weighted by atomic mass is 10.0.